The minimum Gasteiger partial charge on any atom is -0.365 e. The van der Waals surface area contributed by atoms with Crippen LogP contribution >= 0.6 is 0 Å². The zero-order chi connectivity index (χ0) is 21.3. The van der Waals surface area contributed by atoms with Gasteiger partial charge in [0.2, 0.25) is 0 Å². The predicted octanol–water partition coefficient (Wildman–Crippen LogP) is 4.19. The predicted molar refractivity (Wildman–Crippen MR) is 105 cm³/mol. The van der Waals surface area contributed by atoms with Gasteiger partial charge in [-0.3, -0.25) is 9.78 Å². The summed E-state index contributed by atoms with van der Waals surface area (Å²) in [6, 6.07) is 6.58. The number of ketones is 1. The van der Waals surface area contributed by atoms with Crippen LogP contribution in [0.5, 0.6) is 0 Å². The molecule has 0 bridgehead atoms. The molecule has 0 radical (unpaired) electrons. The number of halogens is 3. The Morgan fingerprint density at radius 2 is 2.00 bits per heavy atom. The Balaban J connectivity index is 1.51. The highest BCUT2D eigenvalue weighted by molar-refractivity contribution is 5.98. The number of hydrogen-bond donors (Lipinski definition) is 0. The van der Waals surface area contributed by atoms with Crippen LogP contribution in [0.15, 0.2) is 48.9 Å². The van der Waals surface area contributed by atoms with Crippen LogP contribution in [0.3, 0.4) is 0 Å². The van der Waals surface area contributed by atoms with Crippen molar-refractivity contribution in [3.8, 4) is 0 Å². The number of rotatable bonds is 4. The van der Waals surface area contributed by atoms with E-state index in [1.807, 2.05) is 13.1 Å². The molecule has 0 fully saturated rings. The molecule has 5 nitrogen and oxygen atoms in total. The number of pyridine rings is 1. The molecule has 4 rings (SSSR count). The molecule has 0 amide bonds. The highest BCUT2D eigenvalue weighted by atomic mass is 19.4. The fourth-order valence-electron chi connectivity index (χ4n) is 3.53. The van der Waals surface area contributed by atoms with Gasteiger partial charge in [-0.25, -0.2) is 9.97 Å². The van der Waals surface area contributed by atoms with Crippen molar-refractivity contribution in [1.82, 2.24) is 15.0 Å². The lowest BCUT2D eigenvalue weighted by Crippen LogP contribution is -2.31. The van der Waals surface area contributed by atoms with Crippen molar-refractivity contribution >= 4 is 11.5 Å². The lowest BCUT2D eigenvalue weighted by molar-refractivity contribution is -0.137. The number of aromatic nitrogens is 3. The molecule has 1 aromatic carbocycles. The Kier molecular flexibility index (Phi) is 5.24. The monoisotopic (exact) mass is 412 g/mol. The molecular weight excluding hydrogens is 393 g/mol. The van der Waals surface area contributed by atoms with E-state index in [0.717, 1.165) is 47.9 Å². The average molecular weight is 412 g/mol. The third-order valence-corrected chi connectivity index (χ3v) is 5.08. The van der Waals surface area contributed by atoms with E-state index in [4.69, 9.17) is 0 Å². The van der Waals surface area contributed by atoms with Gasteiger partial charge in [0.15, 0.2) is 5.78 Å². The van der Waals surface area contributed by atoms with E-state index in [0.29, 0.717) is 17.7 Å². The summed E-state index contributed by atoms with van der Waals surface area (Å²) in [5.41, 5.74) is 2.78. The van der Waals surface area contributed by atoms with Gasteiger partial charge in [-0.2, -0.15) is 13.2 Å². The van der Waals surface area contributed by atoms with Gasteiger partial charge in [-0.05, 0) is 24.6 Å². The second kappa shape index (κ2) is 7.85. The van der Waals surface area contributed by atoms with Gasteiger partial charge in [0, 0.05) is 49.5 Å². The second-order valence-electron chi connectivity index (χ2n) is 7.29. The highest BCUT2D eigenvalue weighted by Gasteiger charge is 2.30. The molecule has 8 heteroatoms. The van der Waals surface area contributed by atoms with Crippen molar-refractivity contribution in [3.63, 3.8) is 0 Å². The fraction of sp³-hybridized carbons (Fsp3) is 0.273. The number of benzene rings is 1. The van der Waals surface area contributed by atoms with E-state index in [1.165, 1.54) is 18.3 Å². The average Bonchev–Trinajstić information content (AvgIpc) is 2.73. The summed E-state index contributed by atoms with van der Waals surface area (Å²) in [5, 5.41) is 0. The summed E-state index contributed by atoms with van der Waals surface area (Å²) < 4.78 is 38.7. The molecule has 3 heterocycles. The Labute approximate surface area is 171 Å². The maximum absolute atomic E-state index is 12.9. The van der Waals surface area contributed by atoms with Gasteiger partial charge in [0.1, 0.15) is 5.82 Å². The normalized spacial score (nSPS) is 13.8. The molecular formula is C22H19F3N4O. The SMILES string of the molecule is Cc1ncc2c(n1)CCN(c1cncc(C(=O)Cc3cccc(C(F)(F)F)c3)c1)C2. The van der Waals surface area contributed by atoms with Crippen molar-refractivity contribution in [1.29, 1.82) is 0 Å². The van der Waals surface area contributed by atoms with Gasteiger partial charge in [-0.1, -0.05) is 18.2 Å². The highest BCUT2D eigenvalue weighted by Crippen LogP contribution is 2.30. The van der Waals surface area contributed by atoms with E-state index >= 15 is 0 Å². The van der Waals surface area contributed by atoms with Crippen LogP contribution in [0.4, 0.5) is 18.9 Å². The minimum absolute atomic E-state index is 0.120. The molecule has 0 saturated carbocycles. The molecule has 1 aliphatic heterocycles. The van der Waals surface area contributed by atoms with Crippen LogP contribution in [0.2, 0.25) is 0 Å². The van der Waals surface area contributed by atoms with Crippen molar-refractivity contribution in [2.45, 2.75) is 32.5 Å². The lowest BCUT2D eigenvalue weighted by atomic mass is 10.0. The first-order valence-electron chi connectivity index (χ1n) is 9.50. The Morgan fingerprint density at radius 1 is 1.17 bits per heavy atom. The summed E-state index contributed by atoms with van der Waals surface area (Å²) in [7, 11) is 0. The number of aryl methyl sites for hydroxylation is 1. The largest absolute Gasteiger partial charge is 0.416 e. The van der Waals surface area contributed by atoms with Crippen molar-refractivity contribution in [2.24, 2.45) is 0 Å². The van der Waals surface area contributed by atoms with Crippen LogP contribution < -0.4 is 4.90 Å². The first kappa shape index (κ1) is 20.0. The van der Waals surface area contributed by atoms with E-state index in [-0.39, 0.29) is 12.2 Å². The Morgan fingerprint density at radius 3 is 2.80 bits per heavy atom. The molecule has 0 atom stereocenters. The summed E-state index contributed by atoms with van der Waals surface area (Å²) in [5.74, 6) is 0.464. The summed E-state index contributed by atoms with van der Waals surface area (Å²) in [4.78, 5) is 27.7. The van der Waals surface area contributed by atoms with Crippen LogP contribution in [-0.2, 0) is 25.6 Å². The third-order valence-electron chi connectivity index (χ3n) is 5.08. The number of carbonyl (C=O) groups excluding carboxylic acids is 1. The maximum atomic E-state index is 12.9. The number of anilines is 1. The molecule has 1 aliphatic rings. The molecule has 30 heavy (non-hydrogen) atoms. The van der Waals surface area contributed by atoms with Gasteiger partial charge < -0.3 is 4.90 Å². The van der Waals surface area contributed by atoms with Crippen LogP contribution in [0.1, 0.15) is 38.6 Å². The van der Waals surface area contributed by atoms with E-state index in [1.54, 1.807) is 12.3 Å². The zero-order valence-corrected chi connectivity index (χ0v) is 16.3. The second-order valence-corrected chi connectivity index (χ2v) is 7.29. The Bertz CT molecular complexity index is 1100. The van der Waals surface area contributed by atoms with E-state index in [9.17, 15) is 18.0 Å². The minimum atomic E-state index is -4.44. The third kappa shape index (κ3) is 4.32. The molecule has 0 unspecified atom stereocenters. The molecule has 0 saturated heterocycles. The number of fused-ring (bicyclic) bond motifs is 1. The molecule has 0 aliphatic carbocycles. The van der Waals surface area contributed by atoms with Crippen molar-refractivity contribution in [2.75, 3.05) is 11.4 Å². The van der Waals surface area contributed by atoms with E-state index < -0.39 is 11.7 Å². The molecule has 154 valence electrons. The van der Waals surface area contributed by atoms with Crippen molar-refractivity contribution in [3.05, 3.63) is 82.7 Å². The summed E-state index contributed by atoms with van der Waals surface area (Å²) in [6.07, 6.45) is 1.16. The zero-order valence-electron chi connectivity index (χ0n) is 16.3. The summed E-state index contributed by atoms with van der Waals surface area (Å²) >= 11 is 0. The van der Waals surface area contributed by atoms with Crippen LogP contribution in [0, 0.1) is 6.92 Å². The standard InChI is InChI=1S/C22H19F3N4O/c1-14-27-11-17-13-29(6-5-20(17)28-14)19-9-16(10-26-12-19)21(30)8-15-3-2-4-18(7-15)22(23,24)25/h2-4,7,9-12H,5-6,8,13H2,1H3. The number of carbonyl (C=O) groups is 1. The summed E-state index contributed by atoms with van der Waals surface area (Å²) in [6.45, 7) is 3.20. The van der Waals surface area contributed by atoms with Gasteiger partial charge in [-0.15, -0.1) is 0 Å². The van der Waals surface area contributed by atoms with Crippen LogP contribution in [-0.4, -0.2) is 27.3 Å². The number of nitrogens with zero attached hydrogens (tertiary/aromatic N) is 4. The Hall–Kier alpha value is -3.29. The smallest absolute Gasteiger partial charge is 0.365 e. The van der Waals surface area contributed by atoms with E-state index in [2.05, 4.69) is 19.9 Å². The van der Waals surface area contributed by atoms with Gasteiger partial charge in [0.05, 0.1) is 23.1 Å². The number of alkyl halides is 3. The van der Waals surface area contributed by atoms with Crippen molar-refractivity contribution < 1.29 is 18.0 Å². The van der Waals surface area contributed by atoms with Gasteiger partial charge in [0.25, 0.3) is 0 Å². The first-order valence-corrected chi connectivity index (χ1v) is 9.50. The van der Waals surface area contributed by atoms with Gasteiger partial charge >= 0.3 is 6.18 Å². The van der Waals surface area contributed by atoms with Crippen LogP contribution in [0.25, 0.3) is 0 Å². The first-order chi connectivity index (χ1) is 14.3. The topological polar surface area (TPSA) is 59.0 Å². The molecule has 3 aromatic rings. The number of Topliss-reactive ketones (excluding diaryl/α,β-unsaturated/α-hetero) is 1. The quantitative estimate of drug-likeness (QED) is 0.602. The lowest BCUT2D eigenvalue weighted by Gasteiger charge is -2.29. The fourth-order valence-corrected chi connectivity index (χ4v) is 3.53. The molecule has 2 aromatic heterocycles. The number of hydrogen-bond acceptors (Lipinski definition) is 5. The molecule has 0 N–H and O–H groups in total. The molecule has 0 spiro atoms. The maximum Gasteiger partial charge on any atom is 0.416 e.